The maximum absolute atomic E-state index is 11.3. The lowest BCUT2D eigenvalue weighted by molar-refractivity contribution is -0.137. The molecule has 0 amide bonds. The van der Waals surface area contributed by atoms with Gasteiger partial charge >= 0.3 is 5.97 Å². The number of hydrogen-bond donors (Lipinski definition) is 0. The third-order valence-electron chi connectivity index (χ3n) is 3.05. The number of carbonyl (C=O) groups is 1. The van der Waals surface area contributed by atoms with Gasteiger partial charge in [-0.2, -0.15) is 0 Å². The minimum absolute atomic E-state index is 0.295. The Hall–Kier alpha value is -0.396. The zero-order valence-corrected chi connectivity index (χ0v) is 12.6. The second-order valence-electron chi connectivity index (χ2n) is 4.95. The maximum atomic E-state index is 11.3. The fourth-order valence-electron chi connectivity index (χ4n) is 0.819. The molecule has 0 N–H and O–H groups in total. The molecule has 0 bridgehead atoms. The van der Waals surface area contributed by atoms with Gasteiger partial charge in [-0.05, 0) is 20.0 Å². The average Bonchev–Trinajstić information content (AvgIpc) is 2.13. The second kappa shape index (κ2) is 5.09. The van der Waals surface area contributed by atoms with Crippen LogP contribution in [0.2, 0.25) is 26.2 Å². The van der Waals surface area contributed by atoms with E-state index in [-0.39, 0.29) is 5.97 Å². The van der Waals surface area contributed by atoms with Crippen LogP contribution in [0.3, 0.4) is 0 Å². The lowest BCUT2D eigenvalue weighted by atomic mass is 10.4. The van der Waals surface area contributed by atoms with Crippen molar-refractivity contribution in [2.45, 2.75) is 33.1 Å². The summed E-state index contributed by atoms with van der Waals surface area (Å²) in [5.74, 6) is -0.295. The fraction of sp³-hybridized carbons (Fsp3) is 0.700. The van der Waals surface area contributed by atoms with Crippen molar-refractivity contribution in [2.24, 2.45) is 0 Å². The van der Waals surface area contributed by atoms with E-state index in [0.29, 0.717) is 11.8 Å². The van der Waals surface area contributed by atoms with Gasteiger partial charge in [0, 0.05) is 12.7 Å². The first kappa shape index (κ1) is 14.6. The van der Waals surface area contributed by atoms with Gasteiger partial charge in [0.25, 0.3) is 0 Å². The van der Waals surface area contributed by atoms with Gasteiger partial charge in [-0.25, -0.2) is 4.79 Å². The van der Waals surface area contributed by atoms with E-state index in [0.717, 1.165) is 0 Å². The van der Waals surface area contributed by atoms with Crippen molar-refractivity contribution in [3.8, 4) is 0 Å². The zero-order chi connectivity index (χ0) is 12.3. The Morgan fingerprint density at radius 1 is 1.27 bits per heavy atom. The van der Waals surface area contributed by atoms with E-state index >= 15 is 0 Å². The Morgan fingerprint density at radius 2 is 1.73 bits per heavy atom. The minimum atomic E-state index is -1.67. The van der Waals surface area contributed by atoms with E-state index in [1.807, 2.05) is 0 Å². The van der Waals surface area contributed by atoms with Gasteiger partial charge in [0.15, 0.2) is 7.83 Å². The molecule has 0 saturated heterocycles. The smallest absolute Gasteiger partial charge is 0.332 e. The van der Waals surface area contributed by atoms with Crippen molar-refractivity contribution >= 4 is 21.4 Å². The highest BCUT2D eigenvalue weighted by molar-refractivity contribution is 7.38. The van der Waals surface area contributed by atoms with Gasteiger partial charge in [0.2, 0.25) is 0 Å². The third-order valence-corrected chi connectivity index (χ3v) is 19.0. The monoisotopic (exact) mass is 246 g/mol. The summed E-state index contributed by atoms with van der Waals surface area (Å²) in [5.41, 5.74) is 0.455. The van der Waals surface area contributed by atoms with E-state index < -0.39 is 15.4 Å². The standard InChI is InChI=1S/C10H22O3Si2/c1-9(2)10(11)13-8-14(4,5)15(6,7)12-3/h1,8H2,2-7H3. The molecule has 0 aliphatic rings. The Balaban J connectivity index is 4.40. The van der Waals surface area contributed by atoms with Crippen molar-refractivity contribution < 1.29 is 14.0 Å². The van der Waals surface area contributed by atoms with E-state index in [9.17, 15) is 4.79 Å². The topological polar surface area (TPSA) is 35.5 Å². The van der Waals surface area contributed by atoms with Crippen LogP contribution in [0.15, 0.2) is 12.2 Å². The van der Waals surface area contributed by atoms with Gasteiger partial charge in [-0.1, -0.05) is 19.7 Å². The first-order valence-electron chi connectivity index (χ1n) is 5.02. The van der Waals surface area contributed by atoms with Crippen LogP contribution in [-0.2, 0) is 14.0 Å². The number of esters is 1. The predicted octanol–water partition coefficient (Wildman–Crippen LogP) is 2.28. The summed E-state index contributed by atoms with van der Waals surface area (Å²) in [7, 11) is -1.53. The zero-order valence-electron chi connectivity index (χ0n) is 10.6. The summed E-state index contributed by atoms with van der Waals surface area (Å²) < 4.78 is 10.8. The lowest BCUT2D eigenvalue weighted by Crippen LogP contribution is -2.60. The Labute approximate surface area is 94.4 Å². The molecule has 0 saturated carbocycles. The highest BCUT2D eigenvalue weighted by atomic mass is 29.3. The molecule has 0 aromatic rings. The molecule has 0 heterocycles. The molecule has 0 fully saturated rings. The maximum Gasteiger partial charge on any atom is 0.332 e. The Bertz CT molecular complexity index is 259. The molecule has 0 radical (unpaired) electrons. The number of carbonyl (C=O) groups excluding carboxylic acids is 1. The largest absolute Gasteiger partial charge is 0.466 e. The molecule has 0 unspecified atom stereocenters. The van der Waals surface area contributed by atoms with E-state index in [1.54, 1.807) is 14.0 Å². The summed E-state index contributed by atoms with van der Waals surface area (Å²) >= 11 is 0. The first-order valence-corrected chi connectivity index (χ1v) is 12.1. The molecule has 0 rings (SSSR count). The first-order chi connectivity index (χ1) is 6.64. The van der Waals surface area contributed by atoms with Crippen LogP contribution in [0.25, 0.3) is 0 Å². The van der Waals surface area contributed by atoms with Crippen LogP contribution < -0.4 is 0 Å². The molecule has 0 spiro atoms. The van der Waals surface area contributed by atoms with Gasteiger partial charge in [-0.15, -0.1) is 0 Å². The number of rotatable bonds is 5. The van der Waals surface area contributed by atoms with Crippen molar-refractivity contribution in [2.75, 3.05) is 13.3 Å². The summed E-state index contributed by atoms with van der Waals surface area (Å²) in [6.07, 6.45) is 0.520. The van der Waals surface area contributed by atoms with Gasteiger partial charge in [-0.3, -0.25) is 0 Å². The minimum Gasteiger partial charge on any atom is -0.466 e. The lowest BCUT2D eigenvalue weighted by Gasteiger charge is -2.35. The summed E-state index contributed by atoms with van der Waals surface area (Å²) in [4.78, 5) is 11.3. The molecule has 0 aliphatic carbocycles. The molecular formula is C10H22O3Si2. The predicted molar refractivity (Wildman–Crippen MR) is 67.7 cm³/mol. The molecule has 88 valence electrons. The Morgan fingerprint density at radius 3 is 2.07 bits per heavy atom. The molecule has 3 nitrogen and oxygen atoms in total. The second-order valence-corrected chi connectivity index (χ2v) is 20.1. The van der Waals surface area contributed by atoms with Crippen LogP contribution in [0.4, 0.5) is 0 Å². The molecule has 5 heteroatoms. The van der Waals surface area contributed by atoms with Crippen molar-refractivity contribution in [1.82, 2.24) is 0 Å². The van der Waals surface area contributed by atoms with Crippen LogP contribution in [-0.4, -0.2) is 34.7 Å². The third kappa shape index (κ3) is 3.92. The molecular weight excluding hydrogens is 224 g/mol. The SMILES string of the molecule is C=C(C)C(=O)OC[Si](C)(C)[Si](C)(C)OC. The summed E-state index contributed by atoms with van der Waals surface area (Å²) in [6.45, 7) is 14.0. The van der Waals surface area contributed by atoms with Crippen LogP contribution >= 0.6 is 0 Å². The number of hydrogen-bond acceptors (Lipinski definition) is 3. The molecule has 0 aromatic carbocycles. The van der Waals surface area contributed by atoms with Crippen LogP contribution in [0, 0.1) is 0 Å². The van der Waals surface area contributed by atoms with E-state index in [1.165, 1.54) is 0 Å². The van der Waals surface area contributed by atoms with Gasteiger partial charge in [0.1, 0.15) is 7.59 Å². The molecule has 15 heavy (non-hydrogen) atoms. The molecule has 0 aliphatic heterocycles. The number of ether oxygens (including phenoxy) is 1. The molecule has 0 atom stereocenters. The average molecular weight is 246 g/mol. The highest BCUT2D eigenvalue weighted by Crippen LogP contribution is 2.20. The highest BCUT2D eigenvalue weighted by Gasteiger charge is 2.43. The van der Waals surface area contributed by atoms with E-state index in [4.69, 9.17) is 9.16 Å². The summed E-state index contributed by atoms with van der Waals surface area (Å²) in [6, 6.07) is 0. The van der Waals surface area contributed by atoms with Gasteiger partial charge < -0.3 is 9.16 Å². The fourth-order valence-corrected chi connectivity index (χ4v) is 5.13. The van der Waals surface area contributed by atoms with E-state index in [2.05, 4.69) is 32.8 Å². The normalized spacial score (nSPS) is 12.4. The Kier molecular flexibility index (Phi) is 4.96. The molecule has 0 aromatic heterocycles. The van der Waals surface area contributed by atoms with Crippen molar-refractivity contribution in [3.63, 3.8) is 0 Å². The van der Waals surface area contributed by atoms with Crippen molar-refractivity contribution in [3.05, 3.63) is 12.2 Å². The van der Waals surface area contributed by atoms with Crippen LogP contribution in [0.5, 0.6) is 0 Å². The van der Waals surface area contributed by atoms with Crippen molar-refractivity contribution in [1.29, 1.82) is 0 Å². The summed E-state index contributed by atoms with van der Waals surface area (Å²) in [5, 5.41) is 0. The van der Waals surface area contributed by atoms with Crippen LogP contribution in [0.1, 0.15) is 6.92 Å². The quantitative estimate of drug-likeness (QED) is 0.424. The van der Waals surface area contributed by atoms with Gasteiger partial charge in [0.05, 0.1) is 6.23 Å².